The van der Waals surface area contributed by atoms with Gasteiger partial charge in [-0.1, -0.05) is 43.6 Å². The molecule has 0 saturated carbocycles. The Bertz CT molecular complexity index is 512. The van der Waals surface area contributed by atoms with Gasteiger partial charge in [0.2, 0.25) is 0 Å². The molecule has 0 fully saturated rings. The van der Waals surface area contributed by atoms with Gasteiger partial charge in [0, 0.05) is 28.6 Å². The van der Waals surface area contributed by atoms with Gasteiger partial charge in [0.1, 0.15) is 0 Å². The van der Waals surface area contributed by atoms with Crippen molar-refractivity contribution < 1.29 is 4.79 Å². The molecule has 0 aliphatic heterocycles. The minimum atomic E-state index is -0.354. The summed E-state index contributed by atoms with van der Waals surface area (Å²) in [5.74, 6) is 0.751. The van der Waals surface area contributed by atoms with Gasteiger partial charge >= 0.3 is 0 Å². The Morgan fingerprint density at radius 3 is 2.40 bits per heavy atom. The number of benzene rings is 1. The van der Waals surface area contributed by atoms with Gasteiger partial charge in [0.25, 0.3) is 0 Å². The number of imidazole rings is 1. The van der Waals surface area contributed by atoms with E-state index in [9.17, 15) is 4.79 Å². The quantitative estimate of drug-likeness (QED) is 0.873. The summed E-state index contributed by atoms with van der Waals surface area (Å²) in [7, 11) is 0. The van der Waals surface area contributed by atoms with Gasteiger partial charge in [0.15, 0.2) is 5.78 Å². The first-order valence-electron chi connectivity index (χ1n) is 6.26. The number of thiol groups is 1. The summed E-state index contributed by atoms with van der Waals surface area (Å²) in [6.07, 6.45) is 5.10. The predicted octanol–water partition coefficient (Wildman–Crippen LogP) is 3.75. The van der Waals surface area contributed by atoms with Crippen LogP contribution in [0.25, 0.3) is 0 Å². The lowest BCUT2D eigenvalue weighted by molar-refractivity contribution is -0.126. The zero-order valence-corrected chi connectivity index (χ0v) is 13.3. The van der Waals surface area contributed by atoms with E-state index in [1.165, 1.54) is 0 Å². The maximum Gasteiger partial charge on any atom is 0.158 e. The van der Waals surface area contributed by atoms with Crippen molar-refractivity contribution in [2.24, 2.45) is 5.41 Å². The summed E-state index contributed by atoms with van der Waals surface area (Å²) in [4.78, 5) is 15.5. The van der Waals surface area contributed by atoms with Crippen molar-refractivity contribution in [3.8, 4) is 0 Å². The Hall–Kier alpha value is -1.26. The first kappa shape index (κ1) is 16.8. The smallest absolute Gasteiger partial charge is 0.158 e. The summed E-state index contributed by atoms with van der Waals surface area (Å²) in [6.45, 7) is 4.19. The summed E-state index contributed by atoms with van der Waals surface area (Å²) >= 11 is 9.69. The standard InChI is InChI=1S/C9H14N2OS.C6H5Cl/c1-9(2,6-13)8(12)5-11-4-3-10-7-11;7-6-4-2-1-3-5-6/h3-4,7,13H,5-6H2,1-2H3;1-5H. The van der Waals surface area contributed by atoms with Crippen molar-refractivity contribution in [2.75, 3.05) is 5.75 Å². The number of hydrogen-bond acceptors (Lipinski definition) is 3. The molecule has 0 bridgehead atoms. The van der Waals surface area contributed by atoms with Crippen molar-refractivity contribution in [3.63, 3.8) is 0 Å². The van der Waals surface area contributed by atoms with E-state index in [4.69, 9.17) is 11.6 Å². The molecule has 3 nitrogen and oxygen atoms in total. The highest BCUT2D eigenvalue weighted by Crippen LogP contribution is 2.18. The number of rotatable bonds is 4. The fourth-order valence-electron chi connectivity index (χ4n) is 1.26. The summed E-state index contributed by atoms with van der Waals surface area (Å²) in [5.41, 5.74) is -0.354. The third kappa shape index (κ3) is 5.80. The number of carbonyl (C=O) groups is 1. The molecule has 1 aromatic heterocycles. The first-order chi connectivity index (χ1) is 9.45. The van der Waals surface area contributed by atoms with Crippen LogP contribution in [0.15, 0.2) is 49.1 Å². The second kappa shape index (κ2) is 8.12. The summed E-state index contributed by atoms with van der Waals surface area (Å²) in [6, 6.07) is 9.44. The second-order valence-corrected chi connectivity index (χ2v) is 5.75. The van der Waals surface area contributed by atoms with E-state index in [0.29, 0.717) is 12.3 Å². The lowest BCUT2D eigenvalue weighted by Gasteiger charge is -2.20. The van der Waals surface area contributed by atoms with E-state index in [2.05, 4.69) is 17.6 Å². The summed E-state index contributed by atoms with van der Waals surface area (Å²) < 4.78 is 1.77. The Balaban J connectivity index is 0.000000240. The zero-order valence-electron chi connectivity index (χ0n) is 11.7. The highest BCUT2D eigenvalue weighted by molar-refractivity contribution is 7.80. The molecule has 0 atom stereocenters. The number of carbonyl (C=O) groups excluding carboxylic acids is 1. The molecule has 0 unspecified atom stereocenters. The Labute approximate surface area is 130 Å². The van der Waals surface area contributed by atoms with Gasteiger partial charge in [0.05, 0.1) is 12.9 Å². The van der Waals surface area contributed by atoms with Crippen LogP contribution in [0.2, 0.25) is 5.02 Å². The van der Waals surface area contributed by atoms with E-state index in [1.54, 1.807) is 23.3 Å². The van der Waals surface area contributed by atoms with E-state index >= 15 is 0 Å². The van der Waals surface area contributed by atoms with Crippen LogP contribution in [0.5, 0.6) is 0 Å². The Morgan fingerprint density at radius 1 is 1.35 bits per heavy atom. The molecule has 108 valence electrons. The second-order valence-electron chi connectivity index (χ2n) is 5.00. The third-order valence-corrected chi connectivity index (χ3v) is 3.81. The van der Waals surface area contributed by atoms with Gasteiger partial charge in [-0.25, -0.2) is 4.98 Å². The molecule has 0 radical (unpaired) electrons. The van der Waals surface area contributed by atoms with Crippen molar-refractivity contribution in [3.05, 3.63) is 54.1 Å². The number of ketones is 1. The van der Waals surface area contributed by atoms with Gasteiger partial charge < -0.3 is 4.57 Å². The van der Waals surface area contributed by atoms with Gasteiger partial charge in [-0.3, -0.25) is 4.79 Å². The van der Waals surface area contributed by atoms with Crippen LogP contribution in [0.3, 0.4) is 0 Å². The highest BCUT2D eigenvalue weighted by Gasteiger charge is 2.25. The zero-order chi connectivity index (χ0) is 15.0. The molecule has 5 heteroatoms. The summed E-state index contributed by atoms with van der Waals surface area (Å²) in [5, 5.41) is 0.794. The topological polar surface area (TPSA) is 34.9 Å². The molecule has 1 heterocycles. The van der Waals surface area contributed by atoms with Crippen molar-refractivity contribution in [2.45, 2.75) is 20.4 Å². The van der Waals surface area contributed by atoms with Gasteiger partial charge in [-0.2, -0.15) is 12.6 Å². The predicted molar refractivity (Wildman–Crippen MR) is 86.3 cm³/mol. The molecule has 0 spiro atoms. The number of hydrogen-bond donors (Lipinski definition) is 1. The Kier molecular flexibility index (Phi) is 6.82. The molecular weight excluding hydrogens is 292 g/mol. The maximum atomic E-state index is 11.7. The average molecular weight is 311 g/mol. The normalized spacial score (nSPS) is 10.6. The van der Waals surface area contributed by atoms with E-state index in [1.807, 2.05) is 44.2 Å². The van der Waals surface area contributed by atoms with Crippen LogP contribution >= 0.6 is 24.2 Å². The van der Waals surface area contributed by atoms with Crippen LogP contribution in [0, 0.1) is 5.41 Å². The largest absolute Gasteiger partial charge is 0.330 e. The molecule has 0 saturated heterocycles. The van der Waals surface area contributed by atoms with E-state index < -0.39 is 0 Å². The van der Waals surface area contributed by atoms with Gasteiger partial charge in [-0.05, 0) is 12.1 Å². The number of nitrogens with zero attached hydrogens (tertiary/aromatic N) is 2. The lowest BCUT2D eigenvalue weighted by atomic mass is 9.90. The van der Waals surface area contributed by atoms with Crippen LogP contribution < -0.4 is 0 Å². The lowest BCUT2D eigenvalue weighted by Crippen LogP contribution is -2.29. The molecule has 2 aromatic rings. The highest BCUT2D eigenvalue weighted by atomic mass is 35.5. The van der Waals surface area contributed by atoms with Crippen molar-refractivity contribution in [1.29, 1.82) is 0 Å². The minimum absolute atomic E-state index is 0.181. The van der Waals surface area contributed by atoms with Gasteiger partial charge in [-0.15, -0.1) is 0 Å². The van der Waals surface area contributed by atoms with E-state index in [-0.39, 0.29) is 11.2 Å². The van der Waals surface area contributed by atoms with Crippen LogP contribution in [-0.4, -0.2) is 21.1 Å². The van der Waals surface area contributed by atoms with Crippen LogP contribution in [0.4, 0.5) is 0 Å². The molecule has 0 N–H and O–H groups in total. The molecular formula is C15H19ClN2OS. The monoisotopic (exact) mass is 310 g/mol. The van der Waals surface area contributed by atoms with Crippen LogP contribution in [-0.2, 0) is 11.3 Å². The molecule has 2 rings (SSSR count). The van der Waals surface area contributed by atoms with Crippen molar-refractivity contribution in [1.82, 2.24) is 9.55 Å². The van der Waals surface area contributed by atoms with Crippen LogP contribution in [0.1, 0.15) is 13.8 Å². The molecule has 0 aliphatic rings. The van der Waals surface area contributed by atoms with Crippen molar-refractivity contribution >= 4 is 30.0 Å². The maximum absolute atomic E-state index is 11.7. The fraction of sp³-hybridized carbons (Fsp3) is 0.333. The molecule has 0 aliphatic carbocycles. The third-order valence-electron chi connectivity index (χ3n) is 2.77. The number of Topliss-reactive ketones (excluding diaryl/α,β-unsaturated/α-hetero) is 1. The molecule has 1 aromatic carbocycles. The fourth-order valence-corrected chi connectivity index (χ4v) is 1.58. The Morgan fingerprint density at radius 2 is 2.00 bits per heavy atom. The average Bonchev–Trinajstić information content (AvgIpc) is 2.93. The molecule has 20 heavy (non-hydrogen) atoms. The molecule has 0 amide bonds. The van der Waals surface area contributed by atoms with E-state index in [0.717, 1.165) is 5.02 Å². The first-order valence-corrected chi connectivity index (χ1v) is 7.27. The minimum Gasteiger partial charge on any atom is -0.330 e. The number of aromatic nitrogens is 2. The number of halogens is 1. The SMILES string of the molecule is CC(C)(CS)C(=O)Cn1ccnc1.Clc1ccccc1.